The number of rotatable bonds is 7. The number of nitrogens with two attached hydrogens (primary N) is 1. The van der Waals surface area contributed by atoms with Gasteiger partial charge in [0.2, 0.25) is 16.8 Å². The number of carboxylic acids is 1. The number of carbonyl (C=O) groups excluding carboxylic acids is 1. The first-order valence-electron chi connectivity index (χ1n) is 11.1. The van der Waals surface area contributed by atoms with Crippen molar-refractivity contribution in [2.45, 2.75) is 17.2 Å². The van der Waals surface area contributed by atoms with E-state index >= 15 is 0 Å². The van der Waals surface area contributed by atoms with Crippen molar-refractivity contribution in [3.8, 4) is 11.5 Å². The van der Waals surface area contributed by atoms with Crippen molar-refractivity contribution in [1.29, 1.82) is 0 Å². The van der Waals surface area contributed by atoms with Gasteiger partial charge < -0.3 is 19.1 Å². The Balaban J connectivity index is 1.70. The molecule has 37 heavy (non-hydrogen) atoms. The molecule has 9 nitrogen and oxygen atoms in total. The number of carbonyl (C=O) groups is 2. The molecule has 0 saturated heterocycles. The number of benzene rings is 3. The number of hydrogen-bond acceptors (Lipinski definition) is 6. The lowest BCUT2D eigenvalue weighted by molar-refractivity contribution is -0.136. The van der Waals surface area contributed by atoms with Crippen LogP contribution in [0.4, 0.5) is 0 Å². The molecule has 3 N–H and O–H groups in total. The fraction of sp³-hybridized carbons (Fsp3) is 0.154. The minimum Gasteiger partial charge on any atom is -0.481 e. The Morgan fingerprint density at radius 3 is 2.57 bits per heavy atom. The van der Waals surface area contributed by atoms with Crippen LogP contribution in [0.5, 0.6) is 11.5 Å². The normalized spacial score (nSPS) is 13.6. The van der Waals surface area contributed by atoms with Gasteiger partial charge in [0.05, 0.1) is 17.2 Å². The lowest BCUT2D eigenvalue weighted by Gasteiger charge is -2.18. The van der Waals surface area contributed by atoms with E-state index in [4.69, 9.17) is 26.2 Å². The van der Waals surface area contributed by atoms with E-state index in [9.17, 15) is 23.1 Å². The van der Waals surface area contributed by atoms with Gasteiger partial charge in [0, 0.05) is 34.7 Å². The van der Waals surface area contributed by atoms with E-state index in [0.29, 0.717) is 27.6 Å². The van der Waals surface area contributed by atoms with Crippen LogP contribution in [0, 0.1) is 0 Å². The molecule has 1 aromatic heterocycles. The number of aryl methyl sites for hydroxylation is 1. The van der Waals surface area contributed by atoms with Gasteiger partial charge >= 0.3 is 5.97 Å². The van der Waals surface area contributed by atoms with Crippen LogP contribution in [0.3, 0.4) is 0 Å². The molecule has 5 rings (SSSR count). The maximum absolute atomic E-state index is 14.1. The molecule has 3 aromatic carbocycles. The summed E-state index contributed by atoms with van der Waals surface area (Å²) in [7, 11) is -2.47. The number of hydrogen-bond donors (Lipinski definition) is 2. The van der Waals surface area contributed by atoms with Crippen molar-refractivity contribution in [3.63, 3.8) is 0 Å². The largest absolute Gasteiger partial charge is 0.481 e. The molecule has 190 valence electrons. The van der Waals surface area contributed by atoms with E-state index in [1.807, 2.05) is 23.9 Å². The molecule has 0 aliphatic carbocycles. The van der Waals surface area contributed by atoms with Gasteiger partial charge in [-0.15, -0.1) is 0 Å². The van der Waals surface area contributed by atoms with Crippen molar-refractivity contribution in [2.75, 3.05) is 6.79 Å². The molecular weight excluding hydrogens is 520 g/mol. The van der Waals surface area contributed by atoms with Crippen LogP contribution in [0.25, 0.3) is 10.9 Å². The standard InChI is InChI=1S/C26H21ClN2O7S/c1-29-12-19(18-6-5-17(27)11-20(18)29)25(15-4-7-21-22(8-15)36-13-35-21)26(32)16-3-2-14(10-24(30)31)23(9-16)37(28,33)34/h2-9,11-12,25H,10,13H2,1H3,(H,30,31)(H2,28,33,34). The quantitative estimate of drug-likeness (QED) is 0.339. The first-order valence-corrected chi connectivity index (χ1v) is 13.0. The number of ether oxygens (including phenoxy) is 2. The van der Waals surface area contributed by atoms with Crippen molar-refractivity contribution in [3.05, 3.63) is 88.1 Å². The Labute approximate surface area is 217 Å². The van der Waals surface area contributed by atoms with Crippen LogP contribution >= 0.6 is 11.6 Å². The SMILES string of the molecule is Cn1cc(C(C(=O)c2ccc(CC(=O)O)c(S(N)(=O)=O)c2)c2ccc3c(c2)OCO3)c2ccc(Cl)cc21. The first-order chi connectivity index (χ1) is 17.5. The molecule has 4 aromatic rings. The van der Waals surface area contributed by atoms with E-state index in [0.717, 1.165) is 17.0 Å². The van der Waals surface area contributed by atoms with Crippen LogP contribution in [-0.4, -0.2) is 36.6 Å². The Morgan fingerprint density at radius 2 is 1.84 bits per heavy atom. The van der Waals surface area contributed by atoms with Gasteiger partial charge in [-0.25, -0.2) is 13.6 Å². The highest BCUT2D eigenvalue weighted by Crippen LogP contribution is 2.40. The summed E-state index contributed by atoms with van der Waals surface area (Å²) in [6.45, 7) is 0.0624. The Morgan fingerprint density at radius 1 is 1.08 bits per heavy atom. The van der Waals surface area contributed by atoms with Gasteiger partial charge in [-0.2, -0.15) is 0 Å². The molecule has 0 radical (unpaired) electrons. The molecular formula is C26H21ClN2O7S. The second-order valence-electron chi connectivity index (χ2n) is 8.70. The summed E-state index contributed by atoms with van der Waals surface area (Å²) < 4.78 is 37.4. The summed E-state index contributed by atoms with van der Waals surface area (Å²) in [5.41, 5.74) is 2.13. The van der Waals surface area contributed by atoms with Gasteiger partial charge in [-0.1, -0.05) is 35.9 Å². The monoisotopic (exact) mass is 540 g/mol. The van der Waals surface area contributed by atoms with Gasteiger partial charge in [0.15, 0.2) is 17.3 Å². The second kappa shape index (κ2) is 9.22. The van der Waals surface area contributed by atoms with Crippen molar-refractivity contribution in [1.82, 2.24) is 4.57 Å². The Hall–Kier alpha value is -3.86. The number of fused-ring (bicyclic) bond motifs is 2. The van der Waals surface area contributed by atoms with E-state index in [1.54, 1.807) is 30.3 Å². The van der Waals surface area contributed by atoms with E-state index in [-0.39, 0.29) is 17.9 Å². The lowest BCUT2D eigenvalue weighted by Crippen LogP contribution is -2.19. The summed E-state index contributed by atoms with van der Waals surface area (Å²) in [5, 5.41) is 15.9. The molecule has 0 saturated carbocycles. The average Bonchev–Trinajstić information content (AvgIpc) is 3.42. The number of sulfonamides is 1. The number of nitrogens with zero attached hydrogens (tertiary/aromatic N) is 1. The third-order valence-electron chi connectivity index (χ3n) is 6.29. The van der Waals surface area contributed by atoms with Gasteiger partial charge in [0.1, 0.15) is 0 Å². The molecule has 0 spiro atoms. The van der Waals surface area contributed by atoms with Gasteiger partial charge in [-0.3, -0.25) is 9.59 Å². The van der Waals surface area contributed by atoms with Crippen LogP contribution in [0.15, 0.2) is 65.7 Å². The summed E-state index contributed by atoms with van der Waals surface area (Å²) >= 11 is 6.21. The van der Waals surface area contributed by atoms with Crippen molar-refractivity contribution >= 4 is 44.3 Å². The second-order valence-corrected chi connectivity index (χ2v) is 10.7. The van der Waals surface area contributed by atoms with Gasteiger partial charge in [-0.05, 0) is 47.0 Å². The molecule has 1 unspecified atom stereocenters. The van der Waals surface area contributed by atoms with Crippen LogP contribution < -0.4 is 14.6 Å². The molecule has 0 amide bonds. The van der Waals surface area contributed by atoms with Crippen molar-refractivity contribution in [2.24, 2.45) is 12.2 Å². The molecule has 0 fully saturated rings. The zero-order valence-electron chi connectivity index (χ0n) is 19.5. The highest BCUT2D eigenvalue weighted by molar-refractivity contribution is 7.89. The zero-order valence-corrected chi connectivity index (χ0v) is 21.0. The zero-order chi connectivity index (χ0) is 26.5. The molecule has 2 heterocycles. The fourth-order valence-electron chi connectivity index (χ4n) is 4.63. The minimum atomic E-state index is -4.30. The van der Waals surface area contributed by atoms with Crippen LogP contribution in [-0.2, 0) is 28.3 Å². The fourth-order valence-corrected chi connectivity index (χ4v) is 5.59. The van der Waals surface area contributed by atoms with Crippen LogP contribution in [0.2, 0.25) is 5.02 Å². The number of ketones is 1. The molecule has 1 aliphatic rings. The number of aliphatic carboxylic acids is 1. The summed E-state index contributed by atoms with van der Waals surface area (Å²) in [6, 6.07) is 14.4. The predicted octanol–water partition coefficient (Wildman–Crippen LogP) is 3.85. The van der Waals surface area contributed by atoms with E-state index in [2.05, 4.69) is 0 Å². The van der Waals surface area contributed by atoms with Crippen LogP contribution in [0.1, 0.15) is 33.0 Å². The highest BCUT2D eigenvalue weighted by atomic mass is 35.5. The number of aromatic nitrogens is 1. The topological polar surface area (TPSA) is 138 Å². The maximum atomic E-state index is 14.1. The minimum absolute atomic E-state index is 0.00835. The van der Waals surface area contributed by atoms with Crippen molar-refractivity contribution < 1.29 is 32.6 Å². The smallest absolute Gasteiger partial charge is 0.307 e. The number of primary sulfonamides is 1. The Kier molecular flexibility index (Phi) is 6.18. The first kappa shape index (κ1) is 24.8. The summed E-state index contributed by atoms with van der Waals surface area (Å²) in [4.78, 5) is 25.0. The molecule has 1 atom stereocenters. The maximum Gasteiger partial charge on any atom is 0.307 e. The Bertz CT molecular complexity index is 1690. The molecule has 1 aliphatic heterocycles. The third-order valence-corrected chi connectivity index (χ3v) is 7.51. The van der Waals surface area contributed by atoms with E-state index in [1.165, 1.54) is 12.1 Å². The number of Topliss-reactive ketones (excluding diaryl/α,β-unsaturated/α-hetero) is 1. The summed E-state index contributed by atoms with van der Waals surface area (Å²) in [6.07, 6.45) is 1.27. The molecule has 11 heteroatoms. The molecule has 0 bridgehead atoms. The number of carboxylic acid groups (broad SMARTS) is 1. The lowest BCUT2D eigenvalue weighted by atomic mass is 9.84. The highest BCUT2D eigenvalue weighted by Gasteiger charge is 2.30. The van der Waals surface area contributed by atoms with Gasteiger partial charge in [0.25, 0.3) is 0 Å². The van der Waals surface area contributed by atoms with E-state index < -0.39 is 39.0 Å². The average molecular weight is 541 g/mol. The predicted molar refractivity (Wildman–Crippen MR) is 136 cm³/mol. The third kappa shape index (κ3) is 4.66. The summed E-state index contributed by atoms with van der Waals surface area (Å²) in [5.74, 6) is -1.46. The number of halogens is 1.